The van der Waals surface area contributed by atoms with Gasteiger partial charge in [-0.25, -0.2) is 0 Å². The standard InChI is InChI=1S/C12H17NO3/c1-8(2)16-10-5-3-9(11(13)7-10)4-6-12(14)15/h3,5,7-8H,4,6,13H2,1-2H3,(H,14,15). The van der Waals surface area contributed by atoms with E-state index >= 15 is 0 Å². The van der Waals surface area contributed by atoms with Crippen molar-refractivity contribution in [1.82, 2.24) is 0 Å². The number of nitrogens with two attached hydrogens (primary N) is 1. The average Bonchev–Trinajstić information content (AvgIpc) is 2.15. The third kappa shape index (κ3) is 3.81. The molecule has 0 spiro atoms. The Morgan fingerprint density at radius 3 is 2.69 bits per heavy atom. The lowest BCUT2D eigenvalue weighted by atomic mass is 10.1. The maximum absolute atomic E-state index is 10.4. The van der Waals surface area contributed by atoms with Gasteiger partial charge in [-0.3, -0.25) is 4.79 Å². The molecule has 0 unspecified atom stereocenters. The number of ether oxygens (including phenoxy) is 1. The van der Waals surface area contributed by atoms with Crippen LogP contribution in [0.4, 0.5) is 5.69 Å². The van der Waals surface area contributed by atoms with Crippen LogP contribution in [0.2, 0.25) is 0 Å². The van der Waals surface area contributed by atoms with E-state index in [0.717, 1.165) is 5.56 Å². The molecule has 1 aromatic rings. The summed E-state index contributed by atoms with van der Waals surface area (Å²) in [6.45, 7) is 3.88. The molecule has 16 heavy (non-hydrogen) atoms. The Kier molecular flexibility index (Phi) is 4.17. The van der Waals surface area contributed by atoms with E-state index in [2.05, 4.69) is 0 Å². The molecule has 4 heteroatoms. The zero-order valence-corrected chi connectivity index (χ0v) is 9.56. The van der Waals surface area contributed by atoms with Gasteiger partial charge in [0.15, 0.2) is 0 Å². The lowest BCUT2D eigenvalue weighted by molar-refractivity contribution is -0.136. The minimum Gasteiger partial charge on any atom is -0.491 e. The topological polar surface area (TPSA) is 72.5 Å². The highest BCUT2D eigenvalue weighted by molar-refractivity contribution is 5.67. The van der Waals surface area contributed by atoms with E-state index in [9.17, 15) is 4.79 Å². The summed E-state index contributed by atoms with van der Waals surface area (Å²) in [6, 6.07) is 5.36. The van der Waals surface area contributed by atoms with Crippen LogP contribution in [0, 0.1) is 0 Å². The van der Waals surface area contributed by atoms with Crippen molar-refractivity contribution in [3.05, 3.63) is 23.8 Å². The third-order valence-electron chi connectivity index (χ3n) is 2.10. The second-order valence-corrected chi connectivity index (χ2v) is 3.92. The molecule has 0 aliphatic rings. The van der Waals surface area contributed by atoms with E-state index in [1.54, 1.807) is 6.07 Å². The summed E-state index contributed by atoms with van der Waals surface area (Å²) < 4.78 is 5.48. The summed E-state index contributed by atoms with van der Waals surface area (Å²) in [5, 5.41) is 8.57. The average molecular weight is 223 g/mol. The molecule has 0 radical (unpaired) electrons. The fourth-order valence-corrected chi connectivity index (χ4v) is 1.39. The van der Waals surface area contributed by atoms with E-state index in [-0.39, 0.29) is 12.5 Å². The van der Waals surface area contributed by atoms with Crippen molar-refractivity contribution in [2.24, 2.45) is 0 Å². The Balaban J connectivity index is 2.71. The van der Waals surface area contributed by atoms with Crippen LogP contribution in [-0.4, -0.2) is 17.2 Å². The van der Waals surface area contributed by atoms with E-state index in [0.29, 0.717) is 17.9 Å². The van der Waals surface area contributed by atoms with Gasteiger partial charge in [0.25, 0.3) is 0 Å². The summed E-state index contributed by atoms with van der Waals surface area (Å²) in [6.07, 6.45) is 0.641. The molecule has 0 fully saturated rings. The van der Waals surface area contributed by atoms with Gasteiger partial charge < -0.3 is 15.6 Å². The van der Waals surface area contributed by atoms with Gasteiger partial charge in [0, 0.05) is 18.2 Å². The quantitative estimate of drug-likeness (QED) is 0.749. The number of hydrogen-bond acceptors (Lipinski definition) is 3. The molecule has 4 nitrogen and oxygen atoms in total. The van der Waals surface area contributed by atoms with Crippen molar-refractivity contribution in [2.45, 2.75) is 32.8 Å². The number of carbonyl (C=O) groups is 1. The number of aryl methyl sites for hydroxylation is 1. The number of benzene rings is 1. The van der Waals surface area contributed by atoms with Crippen molar-refractivity contribution in [1.29, 1.82) is 0 Å². The molecule has 1 aromatic carbocycles. The van der Waals surface area contributed by atoms with E-state index < -0.39 is 5.97 Å². The minimum absolute atomic E-state index is 0.0918. The van der Waals surface area contributed by atoms with Crippen LogP contribution in [0.1, 0.15) is 25.8 Å². The Morgan fingerprint density at radius 1 is 1.50 bits per heavy atom. The van der Waals surface area contributed by atoms with Gasteiger partial charge >= 0.3 is 5.97 Å². The highest BCUT2D eigenvalue weighted by Gasteiger charge is 2.05. The summed E-state index contributed by atoms with van der Waals surface area (Å²) in [7, 11) is 0. The minimum atomic E-state index is -0.818. The number of nitrogen functional groups attached to an aromatic ring is 1. The predicted octanol–water partition coefficient (Wildman–Crippen LogP) is 2.07. The number of carboxylic acid groups (broad SMARTS) is 1. The number of anilines is 1. The van der Waals surface area contributed by atoms with Crippen LogP contribution in [-0.2, 0) is 11.2 Å². The molecule has 88 valence electrons. The highest BCUT2D eigenvalue weighted by Crippen LogP contribution is 2.21. The Bertz CT molecular complexity index is 375. The lowest BCUT2D eigenvalue weighted by Gasteiger charge is -2.11. The largest absolute Gasteiger partial charge is 0.491 e. The first-order valence-corrected chi connectivity index (χ1v) is 5.26. The first-order valence-electron chi connectivity index (χ1n) is 5.26. The first kappa shape index (κ1) is 12.4. The van der Waals surface area contributed by atoms with E-state index in [4.69, 9.17) is 15.6 Å². The summed E-state index contributed by atoms with van der Waals surface area (Å²) in [5.41, 5.74) is 7.24. The van der Waals surface area contributed by atoms with Gasteiger partial charge in [0.2, 0.25) is 0 Å². The molecular formula is C12H17NO3. The molecule has 0 heterocycles. The molecule has 0 amide bonds. The van der Waals surface area contributed by atoms with Gasteiger partial charge in [-0.2, -0.15) is 0 Å². The monoisotopic (exact) mass is 223 g/mol. The summed E-state index contributed by atoms with van der Waals surface area (Å²) in [5.74, 6) is -0.103. The normalized spacial score (nSPS) is 10.4. The van der Waals surface area contributed by atoms with Gasteiger partial charge in [-0.05, 0) is 31.9 Å². The maximum Gasteiger partial charge on any atom is 0.303 e. The molecule has 0 aliphatic carbocycles. The molecule has 3 N–H and O–H groups in total. The second kappa shape index (κ2) is 5.39. The second-order valence-electron chi connectivity index (χ2n) is 3.92. The molecule has 1 rings (SSSR count). The van der Waals surface area contributed by atoms with Crippen LogP contribution >= 0.6 is 0 Å². The van der Waals surface area contributed by atoms with Gasteiger partial charge in [0.05, 0.1) is 6.10 Å². The van der Waals surface area contributed by atoms with Gasteiger partial charge in [0.1, 0.15) is 5.75 Å². The van der Waals surface area contributed by atoms with Crippen molar-refractivity contribution in [2.75, 3.05) is 5.73 Å². The molecule has 0 atom stereocenters. The number of aliphatic carboxylic acids is 1. The third-order valence-corrected chi connectivity index (χ3v) is 2.10. The van der Waals surface area contributed by atoms with Gasteiger partial charge in [-0.15, -0.1) is 0 Å². The van der Waals surface area contributed by atoms with E-state index in [1.807, 2.05) is 26.0 Å². The summed E-state index contributed by atoms with van der Waals surface area (Å²) >= 11 is 0. The van der Waals surface area contributed by atoms with E-state index in [1.165, 1.54) is 0 Å². The van der Waals surface area contributed by atoms with Crippen molar-refractivity contribution in [3.8, 4) is 5.75 Å². The zero-order chi connectivity index (χ0) is 12.1. The highest BCUT2D eigenvalue weighted by atomic mass is 16.5. The van der Waals surface area contributed by atoms with Crippen LogP contribution in [0.15, 0.2) is 18.2 Å². The van der Waals surface area contributed by atoms with Crippen LogP contribution < -0.4 is 10.5 Å². The fourth-order valence-electron chi connectivity index (χ4n) is 1.39. The molecular weight excluding hydrogens is 206 g/mol. The predicted molar refractivity (Wildman–Crippen MR) is 62.6 cm³/mol. The first-order chi connectivity index (χ1) is 7.49. The number of carboxylic acids is 1. The molecule has 0 bridgehead atoms. The molecule has 0 aliphatic heterocycles. The maximum atomic E-state index is 10.4. The number of hydrogen-bond donors (Lipinski definition) is 2. The fraction of sp³-hybridized carbons (Fsp3) is 0.417. The zero-order valence-electron chi connectivity index (χ0n) is 9.56. The number of rotatable bonds is 5. The van der Waals surface area contributed by atoms with Crippen LogP contribution in [0.25, 0.3) is 0 Å². The van der Waals surface area contributed by atoms with Crippen molar-refractivity contribution in [3.63, 3.8) is 0 Å². The molecule has 0 saturated heterocycles. The van der Waals surface area contributed by atoms with Crippen LogP contribution in [0.5, 0.6) is 5.75 Å². The Morgan fingerprint density at radius 2 is 2.19 bits per heavy atom. The lowest BCUT2D eigenvalue weighted by Crippen LogP contribution is -2.06. The van der Waals surface area contributed by atoms with Crippen LogP contribution in [0.3, 0.4) is 0 Å². The molecule has 0 saturated carbocycles. The summed E-state index contributed by atoms with van der Waals surface area (Å²) in [4.78, 5) is 10.4. The Labute approximate surface area is 95.0 Å². The van der Waals surface area contributed by atoms with Crippen molar-refractivity contribution < 1.29 is 14.6 Å². The smallest absolute Gasteiger partial charge is 0.303 e. The van der Waals surface area contributed by atoms with Crippen molar-refractivity contribution >= 4 is 11.7 Å². The Hall–Kier alpha value is -1.71. The molecule has 0 aromatic heterocycles. The van der Waals surface area contributed by atoms with Gasteiger partial charge in [-0.1, -0.05) is 6.07 Å². The SMILES string of the molecule is CC(C)Oc1ccc(CCC(=O)O)c(N)c1.